The SMILES string of the molecule is Cc1c(C(=O)N(Cc2ccc3c(c2)C(=O)CS3(=O)=O)[C@H](C(=O)O)C(C)C)ccc2c1B(O)OC2. The standard InChI is InChI=1S/C23H24BNO8S/c1-12(2)21(23(28)29)25(9-14-4-7-19-17(8-14)18(26)11-34(19,31)32)22(27)16-6-5-15-10-33-24(30)20(15)13(16)3/h4-8,12,21,30H,9-11H2,1-3H3,(H,28,29)/t21-/m0/s1. The number of Topliss-reactive ketones (excluding diaryl/α,β-unsaturated/α-hetero) is 1. The molecule has 9 nitrogen and oxygen atoms in total. The lowest BCUT2D eigenvalue weighted by Gasteiger charge is -2.32. The maximum absolute atomic E-state index is 13.7. The van der Waals surface area contributed by atoms with Crippen LogP contribution >= 0.6 is 0 Å². The first-order chi connectivity index (χ1) is 15.9. The monoisotopic (exact) mass is 485 g/mol. The molecule has 2 aromatic carbocycles. The van der Waals surface area contributed by atoms with Gasteiger partial charge in [-0.25, -0.2) is 13.2 Å². The van der Waals surface area contributed by atoms with Crippen molar-refractivity contribution in [1.82, 2.24) is 4.90 Å². The summed E-state index contributed by atoms with van der Waals surface area (Å²) in [7, 11) is -4.84. The van der Waals surface area contributed by atoms with Crippen LogP contribution in [0.3, 0.4) is 0 Å². The number of carbonyl (C=O) groups excluding carboxylic acids is 2. The van der Waals surface area contributed by atoms with E-state index in [4.69, 9.17) is 4.65 Å². The maximum atomic E-state index is 13.7. The second kappa shape index (κ2) is 8.64. The molecule has 2 aliphatic heterocycles. The molecule has 0 aromatic heterocycles. The van der Waals surface area contributed by atoms with Gasteiger partial charge in [-0.3, -0.25) is 9.59 Å². The Hall–Kier alpha value is -3.02. The molecule has 34 heavy (non-hydrogen) atoms. The summed E-state index contributed by atoms with van der Waals surface area (Å²) in [6, 6.07) is 6.30. The highest BCUT2D eigenvalue weighted by Crippen LogP contribution is 2.28. The van der Waals surface area contributed by atoms with Gasteiger partial charge in [-0.1, -0.05) is 26.0 Å². The third kappa shape index (κ3) is 4.04. The van der Waals surface area contributed by atoms with Crippen molar-refractivity contribution in [2.45, 2.75) is 44.9 Å². The van der Waals surface area contributed by atoms with Gasteiger partial charge in [-0.15, -0.1) is 0 Å². The zero-order chi connectivity index (χ0) is 24.9. The molecular weight excluding hydrogens is 461 g/mol. The molecule has 0 aliphatic carbocycles. The Balaban J connectivity index is 1.77. The molecule has 0 saturated carbocycles. The minimum absolute atomic E-state index is 0.0512. The molecule has 0 radical (unpaired) electrons. The van der Waals surface area contributed by atoms with Gasteiger partial charge in [0.05, 0.1) is 11.5 Å². The fourth-order valence-electron chi connectivity index (χ4n) is 4.66. The number of sulfone groups is 1. The first kappa shape index (κ1) is 24.1. The van der Waals surface area contributed by atoms with Crippen LogP contribution in [0.4, 0.5) is 0 Å². The van der Waals surface area contributed by atoms with Crippen LogP contribution in [0.15, 0.2) is 35.2 Å². The second-order valence-electron chi connectivity index (χ2n) is 8.95. The van der Waals surface area contributed by atoms with Crippen LogP contribution in [0.25, 0.3) is 0 Å². The number of hydrogen-bond donors (Lipinski definition) is 2. The Bertz CT molecular complexity index is 1320. The molecule has 2 aliphatic rings. The van der Waals surface area contributed by atoms with E-state index >= 15 is 0 Å². The van der Waals surface area contributed by atoms with Crippen LogP contribution in [0, 0.1) is 12.8 Å². The topological polar surface area (TPSA) is 138 Å². The molecule has 4 rings (SSSR count). The Morgan fingerprint density at radius 1 is 1.21 bits per heavy atom. The van der Waals surface area contributed by atoms with Gasteiger partial charge in [0.25, 0.3) is 5.91 Å². The minimum Gasteiger partial charge on any atom is -0.480 e. The molecule has 0 fully saturated rings. The molecule has 1 atom stereocenters. The largest absolute Gasteiger partial charge is 0.492 e. The quantitative estimate of drug-likeness (QED) is 0.577. The zero-order valence-electron chi connectivity index (χ0n) is 18.9. The number of ketones is 1. The molecule has 0 bridgehead atoms. The van der Waals surface area contributed by atoms with Crippen molar-refractivity contribution < 1.29 is 37.6 Å². The van der Waals surface area contributed by atoms with E-state index in [9.17, 15) is 32.9 Å². The van der Waals surface area contributed by atoms with Crippen molar-refractivity contribution >= 4 is 40.1 Å². The van der Waals surface area contributed by atoms with E-state index in [0.717, 1.165) is 5.56 Å². The summed E-state index contributed by atoms with van der Waals surface area (Å²) in [6.07, 6.45) is 0. The molecule has 178 valence electrons. The van der Waals surface area contributed by atoms with Gasteiger partial charge < -0.3 is 19.7 Å². The summed E-state index contributed by atoms with van der Waals surface area (Å²) in [4.78, 5) is 39.2. The van der Waals surface area contributed by atoms with E-state index in [-0.39, 0.29) is 29.2 Å². The lowest BCUT2D eigenvalue weighted by molar-refractivity contribution is -0.144. The van der Waals surface area contributed by atoms with Crippen molar-refractivity contribution in [3.8, 4) is 0 Å². The Morgan fingerprint density at radius 3 is 2.56 bits per heavy atom. The second-order valence-corrected chi connectivity index (χ2v) is 10.9. The Kier molecular flexibility index (Phi) is 6.13. The minimum atomic E-state index is -3.68. The molecule has 1 amide bonds. The number of rotatable bonds is 6. The summed E-state index contributed by atoms with van der Waals surface area (Å²) < 4.78 is 29.5. The third-order valence-electron chi connectivity index (χ3n) is 6.31. The van der Waals surface area contributed by atoms with Gasteiger partial charge >= 0.3 is 13.1 Å². The molecule has 2 heterocycles. The van der Waals surface area contributed by atoms with Gasteiger partial charge in [0.2, 0.25) is 0 Å². The summed E-state index contributed by atoms with van der Waals surface area (Å²) in [5.41, 5.74) is 2.47. The molecule has 2 N–H and O–H groups in total. The number of fused-ring (bicyclic) bond motifs is 2. The first-order valence-corrected chi connectivity index (χ1v) is 12.4. The summed E-state index contributed by atoms with van der Waals surface area (Å²) in [6.45, 7) is 5.11. The smallest absolute Gasteiger partial charge is 0.480 e. The third-order valence-corrected chi connectivity index (χ3v) is 7.98. The number of aliphatic carboxylic acids is 1. The molecular formula is C23H24BNO8S. The predicted octanol–water partition coefficient (Wildman–Crippen LogP) is 0.934. The van der Waals surface area contributed by atoms with Crippen molar-refractivity contribution in [3.63, 3.8) is 0 Å². The van der Waals surface area contributed by atoms with Crippen LogP contribution in [-0.2, 0) is 32.4 Å². The lowest BCUT2D eigenvalue weighted by Crippen LogP contribution is -2.48. The van der Waals surface area contributed by atoms with Crippen LogP contribution in [0.1, 0.15) is 51.3 Å². The van der Waals surface area contributed by atoms with Crippen LogP contribution < -0.4 is 5.46 Å². The van der Waals surface area contributed by atoms with Crippen LogP contribution in [-0.4, -0.2) is 60.0 Å². The normalized spacial score (nSPS) is 17.0. The highest BCUT2D eigenvalue weighted by Gasteiger charge is 2.37. The number of benzene rings is 2. The number of carboxylic acid groups (broad SMARTS) is 1. The predicted molar refractivity (Wildman–Crippen MR) is 123 cm³/mol. The van der Waals surface area contributed by atoms with Crippen molar-refractivity contribution in [3.05, 3.63) is 58.1 Å². The average molecular weight is 485 g/mol. The zero-order valence-corrected chi connectivity index (χ0v) is 19.8. The van der Waals surface area contributed by atoms with E-state index in [1.807, 2.05) is 0 Å². The number of carboxylic acids is 1. The van der Waals surface area contributed by atoms with E-state index in [0.29, 0.717) is 16.6 Å². The fourth-order valence-corrected chi connectivity index (χ4v) is 6.10. The van der Waals surface area contributed by atoms with E-state index in [1.165, 1.54) is 23.1 Å². The van der Waals surface area contributed by atoms with Gasteiger partial charge in [0, 0.05) is 17.7 Å². The van der Waals surface area contributed by atoms with Gasteiger partial charge in [-0.2, -0.15) is 0 Å². The summed E-state index contributed by atoms with van der Waals surface area (Å²) >= 11 is 0. The number of nitrogens with zero attached hydrogens (tertiary/aromatic N) is 1. The first-order valence-electron chi connectivity index (χ1n) is 10.8. The summed E-state index contributed by atoms with van der Waals surface area (Å²) in [5.74, 6) is -3.32. The average Bonchev–Trinajstić information content (AvgIpc) is 3.23. The Labute approximate surface area is 197 Å². The molecule has 0 spiro atoms. The Morgan fingerprint density at radius 2 is 1.91 bits per heavy atom. The lowest BCUT2D eigenvalue weighted by atomic mass is 9.75. The van der Waals surface area contributed by atoms with E-state index < -0.39 is 52.3 Å². The van der Waals surface area contributed by atoms with Crippen molar-refractivity contribution in [2.24, 2.45) is 5.92 Å². The van der Waals surface area contributed by atoms with Gasteiger partial charge in [0.1, 0.15) is 11.8 Å². The molecule has 2 aromatic rings. The van der Waals surface area contributed by atoms with E-state index in [2.05, 4.69) is 0 Å². The molecule has 11 heteroatoms. The fraction of sp³-hybridized carbons (Fsp3) is 0.348. The highest BCUT2D eigenvalue weighted by molar-refractivity contribution is 7.92. The summed E-state index contributed by atoms with van der Waals surface area (Å²) in [5, 5.41) is 20.1. The molecule has 0 saturated heterocycles. The number of hydrogen-bond acceptors (Lipinski definition) is 7. The van der Waals surface area contributed by atoms with Gasteiger partial charge in [-0.05, 0) is 53.2 Å². The van der Waals surface area contributed by atoms with E-state index in [1.54, 1.807) is 32.9 Å². The highest BCUT2D eigenvalue weighted by atomic mass is 32.2. The van der Waals surface area contributed by atoms with Crippen LogP contribution in [0.2, 0.25) is 0 Å². The van der Waals surface area contributed by atoms with Gasteiger partial charge in [0.15, 0.2) is 15.6 Å². The maximum Gasteiger partial charge on any atom is 0.492 e. The van der Waals surface area contributed by atoms with Crippen molar-refractivity contribution in [2.75, 3.05) is 5.75 Å². The number of amides is 1. The van der Waals surface area contributed by atoms with Crippen LogP contribution in [0.5, 0.6) is 0 Å². The molecule has 0 unspecified atom stereocenters. The number of carbonyl (C=O) groups is 3. The van der Waals surface area contributed by atoms with Crippen molar-refractivity contribution in [1.29, 1.82) is 0 Å².